The Morgan fingerprint density at radius 3 is 2.91 bits per heavy atom. The van der Waals surface area contributed by atoms with Gasteiger partial charge in [0.1, 0.15) is 17.0 Å². The third kappa shape index (κ3) is 3.80. The predicted octanol–water partition coefficient (Wildman–Crippen LogP) is 4.45. The van der Waals surface area contributed by atoms with E-state index in [0.29, 0.717) is 5.75 Å². The Balaban J connectivity index is 1.49. The van der Waals surface area contributed by atoms with E-state index in [-0.39, 0.29) is 17.4 Å². The summed E-state index contributed by atoms with van der Waals surface area (Å²) in [7, 11) is 3.55. The van der Waals surface area contributed by atoms with Crippen molar-refractivity contribution < 1.29 is 9.53 Å². The zero-order valence-corrected chi connectivity index (χ0v) is 20.4. The lowest BCUT2D eigenvalue weighted by molar-refractivity contribution is -0.138. The highest BCUT2D eigenvalue weighted by Gasteiger charge is 2.33. The number of carbonyl (C=O) groups excluding carboxylic acids is 1. The van der Waals surface area contributed by atoms with Gasteiger partial charge in [0.05, 0.1) is 29.9 Å². The van der Waals surface area contributed by atoms with Crippen LogP contribution in [0.2, 0.25) is 0 Å². The zero-order chi connectivity index (χ0) is 23.3. The molecule has 0 unspecified atom stereocenters. The lowest BCUT2D eigenvalue weighted by Gasteiger charge is -2.35. The third-order valence-electron chi connectivity index (χ3n) is 6.50. The van der Waals surface area contributed by atoms with Gasteiger partial charge in [-0.1, -0.05) is 0 Å². The largest absolute Gasteiger partial charge is 0.493 e. The van der Waals surface area contributed by atoms with Crippen molar-refractivity contribution in [2.24, 2.45) is 5.92 Å². The van der Waals surface area contributed by atoms with Gasteiger partial charge in [-0.15, -0.1) is 11.3 Å². The van der Waals surface area contributed by atoms with Crippen molar-refractivity contribution in [3.8, 4) is 5.75 Å². The van der Waals surface area contributed by atoms with E-state index in [1.165, 1.54) is 10.4 Å². The molecule has 0 aromatic carbocycles. The quantitative estimate of drug-likeness (QED) is 0.480. The highest BCUT2D eigenvalue weighted by molar-refractivity contribution is 7.19. The molecular weight excluding hydrogens is 436 g/mol. The molecular formula is C24H28N6O2S. The third-order valence-corrected chi connectivity index (χ3v) is 7.66. The molecule has 1 aliphatic carbocycles. The van der Waals surface area contributed by atoms with Crippen LogP contribution in [0, 0.1) is 5.92 Å². The number of nitrogens with zero attached hydrogens (tertiary/aromatic N) is 5. The number of hydrogen-bond donors (Lipinski definition) is 1. The summed E-state index contributed by atoms with van der Waals surface area (Å²) < 4.78 is 7.36. The van der Waals surface area contributed by atoms with Gasteiger partial charge in [0.2, 0.25) is 5.91 Å². The van der Waals surface area contributed by atoms with Crippen molar-refractivity contribution in [2.75, 3.05) is 19.5 Å². The number of nitrogens with one attached hydrogen (secondary N) is 1. The molecule has 5 rings (SSSR count). The number of anilines is 2. The maximum absolute atomic E-state index is 13.1. The van der Waals surface area contributed by atoms with Crippen molar-refractivity contribution in [1.29, 1.82) is 0 Å². The molecule has 0 spiro atoms. The van der Waals surface area contributed by atoms with E-state index in [0.717, 1.165) is 46.5 Å². The fraction of sp³-hybridized carbons (Fsp3) is 0.417. The normalized spacial score (nSPS) is 16.1. The summed E-state index contributed by atoms with van der Waals surface area (Å²) in [6, 6.07) is 3.94. The molecule has 4 heterocycles. The fourth-order valence-electron chi connectivity index (χ4n) is 4.35. The summed E-state index contributed by atoms with van der Waals surface area (Å²) in [6.45, 7) is 6.21. The Morgan fingerprint density at radius 2 is 2.15 bits per heavy atom. The van der Waals surface area contributed by atoms with E-state index < -0.39 is 0 Å². The zero-order valence-electron chi connectivity index (χ0n) is 19.5. The molecule has 172 valence electrons. The van der Waals surface area contributed by atoms with E-state index in [2.05, 4.69) is 41.2 Å². The SMILES string of the molecule is COc1cn2nccc2cc1Nc1ncnc2sc3c(c12)CC[C@H](C(=O)N(C)C(C)(C)C)C3. The summed E-state index contributed by atoms with van der Waals surface area (Å²) in [5.41, 5.74) is 2.85. The van der Waals surface area contributed by atoms with Gasteiger partial charge in [-0.3, -0.25) is 4.79 Å². The van der Waals surface area contributed by atoms with E-state index in [4.69, 9.17) is 4.74 Å². The lowest BCUT2D eigenvalue weighted by Crippen LogP contribution is -2.46. The number of hydrogen-bond acceptors (Lipinski definition) is 7. The smallest absolute Gasteiger partial charge is 0.226 e. The molecule has 1 aliphatic rings. The standard InChI is InChI=1S/C24H28N6O2S/c1-24(2,3)29(4)23(31)14-6-7-16-19(10-14)33-22-20(16)21(25-13-26-22)28-17-11-15-8-9-27-30(15)12-18(17)32-5/h8-9,11-14H,6-7,10H2,1-5H3,(H,25,26,28)/t14-/m0/s1. The summed E-state index contributed by atoms with van der Waals surface area (Å²) in [5, 5.41) is 8.79. The van der Waals surface area contributed by atoms with E-state index in [1.54, 1.807) is 35.5 Å². The van der Waals surface area contributed by atoms with Gasteiger partial charge < -0.3 is 15.0 Å². The highest BCUT2D eigenvalue weighted by atomic mass is 32.1. The number of thiophene rings is 1. The molecule has 33 heavy (non-hydrogen) atoms. The summed E-state index contributed by atoms with van der Waals surface area (Å²) in [6.07, 6.45) is 7.61. The average Bonchev–Trinajstić information content (AvgIpc) is 3.40. The number of methoxy groups -OCH3 is 1. The van der Waals surface area contributed by atoms with Crippen molar-refractivity contribution in [3.05, 3.63) is 41.3 Å². The number of fused-ring (bicyclic) bond motifs is 4. The Bertz CT molecular complexity index is 1350. The van der Waals surface area contributed by atoms with Crippen LogP contribution in [0.4, 0.5) is 11.5 Å². The van der Waals surface area contributed by atoms with Gasteiger partial charge in [0.15, 0.2) is 5.75 Å². The number of carbonyl (C=O) groups is 1. The summed E-state index contributed by atoms with van der Waals surface area (Å²) in [5.74, 6) is 1.66. The highest BCUT2D eigenvalue weighted by Crippen LogP contribution is 2.41. The Morgan fingerprint density at radius 1 is 1.33 bits per heavy atom. The molecule has 4 aromatic heterocycles. The van der Waals surface area contributed by atoms with Crippen molar-refractivity contribution in [2.45, 2.75) is 45.6 Å². The van der Waals surface area contributed by atoms with Crippen LogP contribution in [0.15, 0.2) is 30.9 Å². The molecule has 1 amide bonds. The van der Waals surface area contributed by atoms with Crippen LogP contribution in [0.25, 0.3) is 15.7 Å². The summed E-state index contributed by atoms with van der Waals surface area (Å²) >= 11 is 1.67. The molecule has 0 saturated carbocycles. The summed E-state index contributed by atoms with van der Waals surface area (Å²) in [4.78, 5) is 26.3. The van der Waals surface area contributed by atoms with E-state index >= 15 is 0 Å². The minimum atomic E-state index is -0.185. The monoisotopic (exact) mass is 464 g/mol. The molecule has 0 fully saturated rings. The molecule has 4 aromatic rings. The maximum Gasteiger partial charge on any atom is 0.226 e. The number of aryl methyl sites for hydroxylation is 1. The van der Waals surface area contributed by atoms with Crippen LogP contribution >= 0.6 is 11.3 Å². The van der Waals surface area contributed by atoms with Crippen LogP contribution in [0.3, 0.4) is 0 Å². The van der Waals surface area contributed by atoms with E-state index in [9.17, 15) is 4.79 Å². The van der Waals surface area contributed by atoms with Gasteiger partial charge in [0.25, 0.3) is 0 Å². The van der Waals surface area contributed by atoms with Gasteiger partial charge in [-0.05, 0) is 57.7 Å². The number of aromatic nitrogens is 4. The number of amides is 1. The van der Waals surface area contributed by atoms with Crippen molar-refractivity contribution >= 4 is 44.5 Å². The molecule has 0 aliphatic heterocycles. The molecule has 9 heteroatoms. The maximum atomic E-state index is 13.1. The van der Waals surface area contributed by atoms with Crippen LogP contribution in [0.5, 0.6) is 5.75 Å². The van der Waals surface area contributed by atoms with Crippen LogP contribution < -0.4 is 10.1 Å². The topological polar surface area (TPSA) is 84.6 Å². The van der Waals surface area contributed by atoms with Crippen LogP contribution in [-0.4, -0.2) is 50.1 Å². The number of ether oxygens (including phenoxy) is 1. The first-order valence-corrected chi connectivity index (χ1v) is 11.9. The van der Waals surface area contributed by atoms with Gasteiger partial charge in [-0.2, -0.15) is 5.10 Å². The average molecular weight is 465 g/mol. The number of pyridine rings is 1. The van der Waals surface area contributed by atoms with Crippen molar-refractivity contribution in [1.82, 2.24) is 24.5 Å². The van der Waals surface area contributed by atoms with Gasteiger partial charge in [-0.25, -0.2) is 14.5 Å². The van der Waals surface area contributed by atoms with Gasteiger partial charge >= 0.3 is 0 Å². The predicted molar refractivity (Wildman–Crippen MR) is 130 cm³/mol. The Hall–Kier alpha value is -3.20. The molecule has 1 atom stereocenters. The first-order chi connectivity index (χ1) is 15.8. The van der Waals surface area contributed by atoms with Crippen LogP contribution in [-0.2, 0) is 17.6 Å². The van der Waals surface area contributed by atoms with Crippen molar-refractivity contribution in [3.63, 3.8) is 0 Å². The minimum Gasteiger partial charge on any atom is -0.493 e. The molecule has 8 nitrogen and oxygen atoms in total. The first-order valence-electron chi connectivity index (χ1n) is 11.1. The van der Waals surface area contributed by atoms with Crippen LogP contribution in [0.1, 0.15) is 37.6 Å². The first kappa shape index (κ1) is 21.6. The Kier molecular flexibility index (Phi) is 5.23. The van der Waals surface area contributed by atoms with Gasteiger partial charge in [0, 0.05) is 29.6 Å². The second-order valence-electron chi connectivity index (χ2n) is 9.50. The second kappa shape index (κ2) is 7.98. The minimum absolute atomic E-state index is 0.00326. The van der Waals surface area contributed by atoms with E-state index in [1.807, 2.05) is 30.3 Å². The molecule has 1 N–H and O–H groups in total. The molecule has 0 radical (unpaired) electrons. The molecule has 0 saturated heterocycles. The second-order valence-corrected chi connectivity index (χ2v) is 10.6. The fourth-order valence-corrected chi connectivity index (χ4v) is 5.62. The lowest BCUT2D eigenvalue weighted by atomic mass is 9.86. The number of rotatable bonds is 4. The molecule has 0 bridgehead atoms. The Labute approximate surface area is 196 Å².